The highest BCUT2D eigenvalue weighted by atomic mass is 19.1. The van der Waals surface area contributed by atoms with Gasteiger partial charge in [-0.25, -0.2) is 13.2 Å². The lowest BCUT2D eigenvalue weighted by Crippen LogP contribution is -2.14. The molecule has 0 bridgehead atoms. The summed E-state index contributed by atoms with van der Waals surface area (Å²) < 4.78 is 39.4. The standard InChI is InChI=1S/C20H15F3N2O/c21-14-3-1-13(2-4-14)11-20(26)25-17-8-6-16(7-9-17)24-19-10-5-15(22)12-18(19)23/h1-10,12,24H,11H2,(H,25,26). The molecule has 3 aromatic rings. The Bertz CT molecular complexity index is 909. The molecule has 0 aliphatic rings. The van der Waals surface area contributed by atoms with E-state index in [-0.39, 0.29) is 23.8 Å². The largest absolute Gasteiger partial charge is 0.353 e. The quantitative estimate of drug-likeness (QED) is 0.673. The minimum Gasteiger partial charge on any atom is -0.353 e. The first-order valence-electron chi connectivity index (χ1n) is 7.86. The molecule has 0 aliphatic carbocycles. The monoisotopic (exact) mass is 356 g/mol. The molecule has 3 nitrogen and oxygen atoms in total. The molecule has 0 heterocycles. The molecule has 1 amide bonds. The molecule has 0 saturated heterocycles. The van der Waals surface area contributed by atoms with Crippen LogP contribution in [0, 0.1) is 17.5 Å². The van der Waals surface area contributed by atoms with E-state index in [2.05, 4.69) is 10.6 Å². The van der Waals surface area contributed by atoms with E-state index in [1.165, 1.54) is 18.2 Å². The lowest BCUT2D eigenvalue weighted by Gasteiger charge is -2.09. The molecule has 132 valence electrons. The highest BCUT2D eigenvalue weighted by Crippen LogP contribution is 2.22. The number of benzene rings is 3. The Kier molecular flexibility index (Phi) is 5.22. The second-order valence-corrected chi connectivity index (χ2v) is 5.68. The van der Waals surface area contributed by atoms with Gasteiger partial charge < -0.3 is 10.6 Å². The smallest absolute Gasteiger partial charge is 0.228 e. The van der Waals surface area contributed by atoms with E-state index in [0.29, 0.717) is 16.9 Å². The van der Waals surface area contributed by atoms with Gasteiger partial charge in [0.05, 0.1) is 12.1 Å². The SMILES string of the molecule is O=C(Cc1ccc(F)cc1)Nc1ccc(Nc2ccc(F)cc2F)cc1. The lowest BCUT2D eigenvalue weighted by atomic mass is 10.1. The Morgan fingerprint density at radius 1 is 0.769 bits per heavy atom. The van der Waals surface area contributed by atoms with E-state index in [4.69, 9.17) is 0 Å². The van der Waals surface area contributed by atoms with Crippen LogP contribution in [0.5, 0.6) is 0 Å². The molecule has 3 aromatic carbocycles. The van der Waals surface area contributed by atoms with E-state index in [9.17, 15) is 18.0 Å². The molecule has 3 rings (SSSR count). The Hall–Kier alpha value is -3.28. The summed E-state index contributed by atoms with van der Waals surface area (Å²) in [5.41, 5.74) is 2.02. The zero-order valence-corrected chi connectivity index (χ0v) is 13.6. The summed E-state index contributed by atoms with van der Waals surface area (Å²) in [5.74, 6) is -1.93. The number of rotatable bonds is 5. The van der Waals surface area contributed by atoms with E-state index >= 15 is 0 Å². The number of hydrogen-bond donors (Lipinski definition) is 2. The summed E-state index contributed by atoms with van der Waals surface area (Å²) in [4.78, 5) is 12.0. The van der Waals surface area contributed by atoms with E-state index < -0.39 is 11.6 Å². The number of anilines is 3. The van der Waals surface area contributed by atoms with Crippen LogP contribution in [0.2, 0.25) is 0 Å². The fourth-order valence-corrected chi connectivity index (χ4v) is 2.38. The average molecular weight is 356 g/mol. The van der Waals surface area contributed by atoms with Crippen molar-refractivity contribution in [1.82, 2.24) is 0 Å². The fraction of sp³-hybridized carbons (Fsp3) is 0.0500. The van der Waals surface area contributed by atoms with Crippen molar-refractivity contribution >= 4 is 23.0 Å². The molecule has 0 saturated carbocycles. The molecule has 6 heteroatoms. The van der Waals surface area contributed by atoms with Crippen molar-refractivity contribution in [3.63, 3.8) is 0 Å². The van der Waals surface area contributed by atoms with Crippen LogP contribution in [-0.2, 0) is 11.2 Å². The summed E-state index contributed by atoms with van der Waals surface area (Å²) in [6, 6.07) is 15.6. The molecular formula is C20H15F3N2O. The second kappa shape index (κ2) is 7.74. The third-order valence-corrected chi connectivity index (χ3v) is 3.66. The first-order valence-corrected chi connectivity index (χ1v) is 7.86. The first-order chi connectivity index (χ1) is 12.5. The lowest BCUT2D eigenvalue weighted by molar-refractivity contribution is -0.115. The number of halogens is 3. The van der Waals surface area contributed by atoms with Crippen LogP contribution in [0.1, 0.15) is 5.56 Å². The summed E-state index contributed by atoms with van der Waals surface area (Å²) >= 11 is 0. The van der Waals surface area contributed by atoms with Crippen molar-refractivity contribution in [3.05, 3.63) is 89.7 Å². The van der Waals surface area contributed by atoms with Gasteiger partial charge in [-0.05, 0) is 54.1 Å². The number of carbonyl (C=O) groups is 1. The van der Waals surface area contributed by atoms with E-state index in [0.717, 1.165) is 12.1 Å². The summed E-state index contributed by atoms with van der Waals surface area (Å²) in [7, 11) is 0. The van der Waals surface area contributed by atoms with Crippen molar-refractivity contribution in [1.29, 1.82) is 0 Å². The summed E-state index contributed by atoms with van der Waals surface area (Å²) in [6.45, 7) is 0. The van der Waals surface area contributed by atoms with Crippen LogP contribution in [0.25, 0.3) is 0 Å². The van der Waals surface area contributed by atoms with Gasteiger partial charge in [0, 0.05) is 17.4 Å². The number of amides is 1. The highest BCUT2D eigenvalue weighted by Gasteiger charge is 2.06. The Balaban J connectivity index is 1.60. The Morgan fingerprint density at radius 2 is 1.38 bits per heavy atom. The Labute approximate surface area is 148 Å². The molecule has 0 aromatic heterocycles. The van der Waals surface area contributed by atoms with Crippen molar-refractivity contribution in [2.24, 2.45) is 0 Å². The van der Waals surface area contributed by atoms with Gasteiger partial charge in [0.25, 0.3) is 0 Å². The van der Waals surface area contributed by atoms with Gasteiger partial charge in [0.15, 0.2) is 0 Å². The van der Waals surface area contributed by atoms with Crippen LogP contribution >= 0.6 is 0 Å². The third kappa shape index (κ3) is 4.63. The molecular weight excluding hydrogens is 341 g/mol. The molecule has 26 heavy (non-hydrogen) atoms. The zero-order valence-electron chi connectivity index (χ0n) is 13.6. The molecule has 0 unspecified atom stereocenters. The minimum atomic E-state index is -0.693. The number of carbonyl (C=O) groups excluding carboxylic acids is 1. The van der Waals surface area contributed by atoms with Gasteiger partial charge in [0.2, 0.25) is 5.91 Å². The van der Waals surface area contributed by atoms with Crippen LogP contribution in [0.15, 0.2) is 66.7 Å². The Morgan fingerprint density at radius 3 is 2.04 bits per heavy atom. The predicted octanol–water partition coefficient (Wildman–Crippen LogP) is 5.03. The van der Waals surface area contributed by atoms with Crippen LogP contribution in [0.3, 0.4) is 0 Å². The van der Waals surface area contributed by atoms with Crippen LogP contribution in [0.4, 0.5) is 30.2 Å². The highest BCUT2D eigenvalue weighted by molar-refractivity contribution is 5.92. The molecule has 2 N–H and O–H groups in total. The topological polar surface area (TPSA) is 41.1 Å². The average Bonchev–Trinajstić information content (AvgIpc) is 2.61. The zero-order chi connectivity index (χ0) is 18.5. The van der Waals surface area contributed by atoms with Gasteiger partial charge in [-0.15, -0.1) is 0 Å². The van der Waals surface area contributed by atoms with E-state index in [1.54, 1.807) is 36.4 Å². The van der Waals surface area contributed by atoms with Crippen molar-refractivity contribution in [2.45, 2.75) is 6.42 Å². The number of hydrogen-bond acceptors (Lipinski definition) is 2. The van der Waals surface area contributed by atoms with Gasteiger partial charge >= 0.3 is 0 Å². The van der Waals surface area contributed by atoms with Crippen LogP contribution < -0.4 is 10.6 Å². The molecule has 0 fully saturated rings. The second-order valence-electron chi connectivity index (χ2n) is 5.68. The molecule has 0 radical (unpaired) electrons. The van der Waals surface area contributed by atoms with Gasteiger partial charge in [-0.1, -0.05) is 12.1 Å². The molecule has 0 atom stereocenters. The van der Waals surface area contributed by atoms with Crippen molar-refractivity contribution in [2.75, 3.05) is 10.6 Å². The third-order valence-electron chi connectivity index (χ3n) is 3.66. The molecule has 0 spiro atoms. The summed E-state index contributed by atoms with van der Waals surface area (Å²) in [6.07, 6.45) is 0.126. The first kappa shape index (κ1) is 17.5. The van der Waals surface area contributed by atoms with Gasteiger partial charge in [-0.3, -0.25) is 4.79 Å². The molecule has 0 aliphatic heterocycles. The maximum Gasteiger partial charge on any atom is 0.228 e. The van der Waals surface area contributed by atoms with Gasteiger partial charge in [-0.2, -0.15) is 0 Å². The fourth-order valence-electron chi connectivity index (χ4n) is 2.38. The maximum absolute atomic E-state index is 13.6. The maximum atomic E-state index is 13.6. The minimum absolute atomic E-state index is 0.126. The number of nitrogens with one attached hydrogen (secondary N) is 2. The van der Waals surface area contributed by atoms with Crippen molar-refractivity contribution < 1.29 is 18.0 Å². The van der Waals surface area contributed by atoms with Gasteiger partial charge in [0.1, 0.15) is 17.5 Å². The summed E-state index contributed by atoms with van der Waals surface area (Å²) in [5, 5.41) is 5.57. The van der Waals surface area contributed by atoms with Crippen molar-refractivity contribution in [3.8, 4) is 0 Å². The normalized spacial score (nSPS) is 10.4. The predicted molar refractivity (Wildman–Crippen MR) is 94.8 cm³/mol. The van der Waals surface area contributed by atoms with Crippen LogP contribution in [-0.4, -0.2) is 5.91 Å². The van der Waals surface area contributed by atoms with E-state index in [1.807, 2.05) is 0 Å².